The molecule has 0 amide bonds. The molecule has 4 aromatic rings. The fraction of sp³-hybridized carbons (Fsp3) is 0.192. The van der Waals surface area contributed by atoms with Gasteiger partial charge in [-0.2, -0.15) is 0 Å². The third kappa shape index (κ3) is 3.81. The van der Waals surface area contributed by atoms with Crippen LogP contribution in [-0.4, -0.2) is 22.6 Å². The van der Waals surface area contributed by atoms with Gasteiger partial charge in [0.05, 0.1) is 17.1 Å². The second kappa shape index (κ2) is 8.74. The van der Waals surface area contributed by atoms with Crippen LogP contribution in [0.25, 0.3) is 22.7 Å². The van der Waals surface area contributed by atoms with Crippen LogP contribution >= 0.6 is 12.4 Å². The number of hydrogen-bond acceptors (Lipinski definition) is 3. The Kier molecular flexibility index (Phi) is 5.75. The van der Waals surface area contributed by atoms with E-state index < -0.39 is 5.82 Å². The lowest BCUT2D eigenvalue weighted by molar-refractivity contribution is 0.305. The fourth-order valence-corrected chi connectivity index (χ4v) is 4.87. The maximum atomic E-state index is 13.9. The van der Waals surface area contributed by atoms with Gasteiger partial charge in [-0.05, 0) is 72.1 Å². The minimum Gasteiger partial charge on any atom is -0.488 e. The summed E-state index contributed by atoms with van der Waals surface area (Å²) < 4.78 is 35.5. The number of ether oxygens (including phenoxy) is 1. The van der Waals surface area contributed by atoms with Gasteiger partial charge in [-0.15, -0.1) is 12.4 Å². The number of nitrogens with one attached hydrogen (secondary N) is 2. The van der Waals surface area contributed by atoms with Gasteiger partial charge in [0.1, 0.15) is 24.0 Å². The lowest BCUT2D eigenvalue weighted by Gasteiger charge is -2.12. The number of benzene rings is 3. The number of nitrogens with zero attached hydrogens (tertiary/aromatic N) is 1. The smallest absolute Gasteiger partial charge is 0.326 e. The Labute approximate surface area is 200 Å². The van der Waals surface area contributed by atoms with E-state index in [0.29, 0.717) is 11.3 Å². The van der Waals surface area contributed by atoms with Crippen LogP contribution in [0.5, 0.6) is 5.75 Å². The fourth-order valence-electron chi connectivity index (χ4n) is 4.87. The van der Waals surface area contributed by atoms with Gasteiger partial charge < -0.3 is 15.0 Å². The summed E-state index contributed by atoms with van der Waals surface area (Å²) in [6.07, 6.45) is 2.88. The third-order valence-electron chi connectivity index (χ3n) is 6.43. The van der Waals surface area contributed by atoms with Crippen LogP contribution in [0.15, 0.2) is 59.4 Å². The van der Waals surface area contributed by atoms with Crippen molar-refractivity contribution in [3.63, 3.8) is 0 Å². The van der Waals surface area contributed by atoms with Crippen molar-refractivity contribution in [1.29, 1.82) is 0 Å². The largest absolute Gasteiger partial charge is 0.488 e. The summed E-state index contributed by atoms with van der Waals surface area (Å²) in [4.78, 5) is 15.6. The summed E-state index contributed by atoms with van der Waals surface area (Å²) in [6, 6.07) is 15.0. The van der Waals surface area contributed by atoms with Gasteiger partial charge in [-0.25, -0.2) is 13.6 Å². The van der Waals surface area contributed by atoms with Crippen molar-refractivity contribution in [2.24, 2.45) is 0 Å². The van der Waals surface area contributed by atoms with E-state index in [1.165, 1.54) is 24.3 Å². The summed E-state index contributed by atoms with van der Waals surface area (Å²) >= 11 is 0. The Morgan fingerprint density at radius 2 is 1.79 bits per heavy atom. The van der Waals surface area contributed by atoms with Crippen LogP contribution in [0.3, 0.4) is 0 Å². The second-order valence-corrected chi connectivity index (χ2v) is 8.51. The molecule has 1 aromatic heterocycles. The highest BCUT2D eigenvalue weighted by Crippen LogP contribution is 2.38. The Hall–Kier alpha value is -3.42. The summed E-state index contributed by atoms with van der Waals surface area (Å²) in [5.74, 6) is -0.338. The summed E-state index contributed by atoms with van der Waals surface area (Å²) in [7, 11) is 0. The molecule has 0 saturated carbocycles. The Balaban J connectivity index is 0.00000241. The van der Waals surface area contributed by atoms with E-state index >= 15 is 0 Å². The van der Waals surface area contributed by atoms with Crippen molar-refractivity contribution in [2.75, 3.05) is 13.1 Å². The molecule has 0 radical (unpaired) electrons. The molecule has 0 aliphatic carbocycles. The van der Waals surface area contributed by atoms with Crippen LogP contribution in [0.4, 0.5) is 8.78 Å². The molecule has 2 aliphatic heterocycles. The van der Waals surface area contributed by atoms with E-state index in [1.54, 1.807) is 12.1 Å². The molecule has 1 saturated heterocycles. The van der Waals surface area contributed by atoms with E-state index in [1.807, 2.05) is 28.8 Å². The molecular formula is C26H22ClF2N3O2. The number of rotatable bonds is 2. The quantitative estimate of drug-likeness (QED) is 0.421. The predicted molar refractivity (Wildman–Crippen MR) is 130 cm³/mol. The average molecular weight is 482 g/mol. The van der Waals surface area contributed by atoms with Crippen molar-refractivity contribution in [3.8, 4) is 5.75 Å². The monoisotopic (exact) mass is 481 g/mol. The molecular weight excluding hydrogens is 460 g/mol. The molecule has 0 bridgehead atoms. The number of H-pyrrole nitrogens is 1. The first-order valence-corrected chi connectivity index (χ1v) is 10.9. The maximum absolute atomic E-state index is 13.9. The molecule has 174 valence electrons. The topological polar surface area (TPSA) is 59.1 Å². The molecule has 1 fully saturated rings. The average Bonchev–Trinajstić information content (AvgIpc) is 3.40. The Bertz CT molecular complexity index is 1430. The highest BCUT2D eigenvalue weighted by molar-refractivity contribution is 5.95. The lowest BCUT2D eigenvalue weighted by atomic mass is 9.92. The highest BCUT2D eigenvalue weighted by Gasteiger charge is 2.22. The van der Waals surface area contributed by atoms with Gasteiger partial charge in [-0.1, -0.05) is 12.1 Å². The minimum atomic E-state index is -0.396. The second-order valence-electron chi connectivity index (χ2n) is 8.51. The van der Waals surface area contributed by atoms with E-state index in [9.17, 15) is 13.6 Å². The van der Waals surface area contributed by atoms with Gasteiger partial charge in [0.2, 0.25) is 0 Å². The van der Waals surface area contributed by atoms with E-state index in [-0.39, 0.29) is 36.6 Å². The molecule has 3 heterocycles. The zero-order chi connectivity index (χ0) is 22.5. The van der Waals surface area contributed by atoms with Crippen LogP contribution in [0.2, 0.25) is 0 Å². The molecule has 3 aromatic carbocycles. The number of imidazole rings is 1. The normalized spacial score (nSPS) is 18.2. The zero-order valence-electron chi connectivity index (χ0n) is 18.1. The molecule has 34 heavy (non-hydrogen) atoms. The van der Waals surface area contributed by atoms with E-state index in [0.717, 1.165) is 52.8 Å². The van der Waals surface area contributed by atoms with Gasteiger partial charge in [0, 0.05) is 23.7 Å². The maximum Gasteiger partial charge on any atom is 0.326 e. The number of halogens is 3. The van der Waals surface area contributed by atoms with Crippen LogP contribution < -0.4 is 15.7 Å². The summed E-state index contributed by atoms with van der Waals surface area (Å²) in [6.45, 7) is 1.82. The van der Waals surface area contributed by atoms with Crippen molar-refractivity contribution in [3.05, 3.63) is 99.0 Å². The number of aromatic nitrogens is 2. The van der Waals surface area contributed by atoms with Crippen molar-refractivity contribution in [2.45, 2.75) is 19.1 Å². The SMILES string of the molecule is Cl.O=c1[nH]c2cc(/C=C3\c4ccc(F)cc4COc4cc(F)ccc43)ccc2n1[C@@H]1CCNC1. The van der Waals surface area contributed by atoms with Crippen LogP contribution in [0.1, 0.15) is 34.7 Å². The van der Waals surface area contributed by atoms with Gasteiger partial charge >= 0.3 is 5.69 Å². The van der Waals surface area contributed by atoms with Crippen molar-refractivity contribution < 1.29 is 13.5 Å². The molecule has 0 unspecified atom stereocenters. The molecule has 1 atom stereocenters. The number of hydrogen-bond donors (Lipinski definition) is 2. The molecule has 8 heteroatoms. The number of aromatic amines is 1. The highest BCUT2D eigenvalue weighted by atomic mass is 35.5. The van der Waals surface area contributed by atoms with E-state index in [4.69, 9.17) is 4.74 Å². The molecule has 0 spiro atoms. The predicted octanol–water partition coefficient (Wildman–Crippen LogP) is 5.05. The first-order chi connectivity index (χ1) is 16.1. The first-order valence-electron chi connectivity index (χ1n) is 10.9. The van der Waals surface area contributed by atoms with Gasteiger partial charge in [0.15, 0.2) is 0 Å². The molecule has 6 rings (SSSR count). The first kappa shape index (κ1) is 22.4. The van der Waals surface area contributed by atoms with Crippen molar-refractivity contribution >= 4 is 35.1 Å². The lowest BCUT2D eigenvalue weighted by Crippen LogP contribution is -2.23. The Morgan fingerprint density at radius 1 is 1.00 bits per heavy atom. The van der Waals surface area contributed by atoms with Crippen LogP contribution in [-0.2, 0) is 6.61 Å². The van der Waals surface area contributed by atoms with E-state index in [2.05, 4.69) is 10.3 Å². The van der Waals surface area contributed by atoms with Gasteiger partial charge in [-0.3, -0.25) is 4.57 Å². The standard InChI is InChI=1S/C26H21F2N3O2.ClH/c27-17-2-4-20-16(11-17)14-33-25-12-18(28)3-5-21(25)22(20)9-15-1-6-24-23(10-15)30-26(32)31(24)19-7-8-29-13-19;/h1-6,9-12,19,29H,7-8,13-14H2,(H,30,32);1H/b22-9+;/t19-;/m1./s1. The van der Waals surface area contributed by atoms with Crippen LogP contribution in [0, 0.1) is 11.6 Å². The zero-order valence-corrected chi connectivity index (χ0v) is 18.9. The summed E-state index contributed by atoms with van der Waals surface area (Å²) in [5, 5.41) is 3.30. The van der Waals surface area contributed by atoms with Crippen molar-refractivity contribution in [1.82, 2.24) is 14.9 Å². The van der Waals surface area contributed by atoms with Gasteiger partial charge in [0.25, 0.3) is 0 Å². The molecule has 5 nitrogen and oxygen atoms in total. The molecule has 2 N–H and O–H groups in total. The third-order valence-corrected chi connectivity index (χ3v) is 6.43. The minimum absolute atomic E-state index is 0. The number of fused-ring (bicyclic) bond motifs is 3. The summed E-state index contributed by atoms with van der Waals surface area (Å²) in [5.41, 5.74) is 5.41. The molecule has 2 aliphatic rings. The Morgan fingerprint density at radius 3 is 2.59 bits per heavy atom.